The molecule has 0 unspecified atom stereocenters. The number of aryl methyl sites for hydroxylation is 1. The third kappa shape index (κ3) is 0.620. The third-order valence-electron chi connectivity index (χ3n) is 1.63. The minimum absolute atomic E-state index is 1.07. The summed E-state index contributed by atoms with van der Waals surface area (Å²) in [5, 5.41) is 0. The zero-order valence-electron chi connectivity index (χ0n) is 5.76. The molecule has 0 fully saturated rings. The molecule has 2 aromatic heterocycles. The van der Waals surface area contributed by atoms with Crippen LogP contribution < -0.4 is 0 Å². The molecule has 0 atom stereocenters. The van der Waals surface area contributed by atoms with Crippen LogP contribution in [0.3, 0.4) is 0 Å². The molecule has 0 saturated carbocycles. The van der Waals surface area contributed by atoms with Gasteiger partial charge in [0.05, 0.1) is 11.0 Å². The smallest absolute Gasteiger partial charge is 0.0907 e. The summed E-state index contributed by atoms with van der Waals surface area (Å²) in [6.07, 6.45) is 3.78. The molecule has 0 saturated heterocycles. The summed E-state index contributed by atoms with van der Waals surface area (Å²) in [5.74, 6) is 0. The number of hydrogen-bond donors (Lipinski definition) is 1. The first kappa shape index (κ1) is 5.47. The molecule has 1 N–H and O–H groups in total. The van der Waals surface area contributed by atoms with Gasteiger partial charge in [0, 0.05) is 12.4 Å². The lowest BCUT2D eigenvalue weighted by molar-refractivity contribution is 1.39. The molecule has 0 radical (unpaired) electrons. The topological polar surface area (TPSA) is 28.7 Å². The molecule has 0 aliphatic heterocycles. The highest BCUT2D eigenvalue weighted by molar-refractivity contribution is 5.77. The van der Waals surface area contributed by atoms with Gasteiger partial charge in [0.25, 0.3) is 0 Å². The van der Waals surface area contributed by atoms with Crippen molar-refractivity contribution in [3.8, 4) is 0 Å². The Labute approximate surface area is 58.9 Å². The summed E-state index contributed by atoms with van der Waals surface area (Å²) in [6, 6.07) is 3.95. The van der Waals surface area contributed by atoms with Crippen LogP contribution >= 0.6 is 0 Å². The lowest BCUT2D eigenvalue weighted by atomic mass is 10.3. The summed E-state index contributed by atoms with van der Waals surface area (Å²) in [6.45, 7) is 2.05. The average Bonchev–Trinajstić information content (AvgIpc) is 2.34. The molecule has 0 spiro atoms. The fourth-order valence-corrected chi connectivity index (χ4v) is 1.09. The number of nitrogens with zero attached hydrogens (tertiary/aromatic N) is 1. The molecule has 2 aromatic rings. The Morgan fingerprint density at radius 3 is 3.20 bits per heavy atom. The van der Waals surface area contributed by atoms with Gasteiger partial charge in [0.15, 0.2) is 0 Å². The van der Waals surface area contributed by atoms with Gasteiger partial charge in [-0.3, -0.25) is 4.98 Å². The molecule has 10 heavy (non-hydrogen) atoms. The highest BCUT2D eigenvalue weighted by atomic mass is 14.8. The van der Waals surface area contributed by atoms with Crippen LogP contribution in [0.2, 0.25) is 0 Å². The van der Waals surface area contributed by atoms with Crippen molar-refractivity contribution in [1.29, 1.82) is 0 Å². The Kier molecular flexibility index (Phi) is 1.01. The summed E-state index contributed by atoms with van der Waals surface area (Å²) in [7, 11) is 0. The van der Waals surface area contributed by atoms with Crippen molar-refractivity contribution >= 4 is 11.0 Å². The Hall–Kier alpha value is -1.31. The van der Waals surface area contributed by atoms with E-state index in [2.05, 4.69) is 9.97 Å². The van der Waals surface area contributed by atoms with E-state index < -0.39 is 0 Å². The first-order valence-corrected chi connectivity index (χ1v) is 3.26. The highest BCUT2D eigenvalue weighted by Gasteiger charge is 1.96. The van der Waals surface area contributed by atoms with Crippen molar-refractivity contribution in [3.63, 3.8) is 0 Å². The minimum Gasteiger partial charge on any atom is -0.360 e. The third-order valence-corrected chi connectivity index (χ3v) is 1.63. The predicted molar refractivity (Wildman–Crippen MR) is 40.8 cm³/mol. The lowest BCUT2D eigenvalue weighted by Crippen LogP contribution is -1.72. The number of fused-ring (bicyclic) bond motifs is 1. The molecular weight excluding hydrogens is 124 g/mol. The Morgan fingerprint density at radius 2 is 2.40 bits per heavy atom. The van der Waals surface area contributed by atoms with E-state index in [1.807, 2.05) is 31.5 Å². The van der Waals surface area contributed by atoms with Gasteiger partial charge < -0.3 is 4.98 Å². The summed E-state index contributed by atoms with van der Waals surface area (Å²) in [4.78, 5) is 7.33. The molecule has 2 rings (SSSR count). The predicted octanol–water partition coefficient (Wildman–Crippen LogP) is 1.87. The Balaban J connectivity index is 2.93. The first-order valence-electron chi connectivity index (χ1n) is 3.26. The minimum atomic E-state index is 1.07. The zero-order chi connectivity index (χ0) is 6.97. The van der Waals surface area contributed by atoms with Gasteiger partial charge in [-0.1, -0.05) is 0 Å². The molecule has 0 bridgehead atoms. The van der Waals surface area contributed by atoms with Crippen LogP contribution in [0.4, 0.5) is 0 Å². The Morgan fingerprint density at radius 1 is 1.50 bits per heavy atom. The van der Waals surface area contributed by atoms with Crippen LogP contribution in [0.1, 0.15) is 5.56 Å². The van der Waals surface area contributed by atoms with E-state index in [9.17, 15) is 0 Å². The van der Waals surface area contributed by atoms with Gasteiger partial charge >= 0.3 is 0 Å². The highest BCUT2D eigenvalue weighted by Crippen LogP contribution is 2.12. The average molecular weight is 132 g/mol. The van der Waals surface area contributed by atoms with E-state index in [4.69, 9.17) is 0 Å². The van der Waals surface area contributed by atoms with Crippen LogP contribution in [0.15, 0.2) is 24.5 Å². The van der Waals surface area contributed by atoms with Crippen LogP contribution in [0.5, 0.6) is 0 Å². The number of hydrogen-bond acceptors (Lipinski definition) is 1. The maximum Gasteiger partial charge on any atom is 0.0907 e. The quantitative estimate of drug-likeness (QED) is 0.582. The second-order valence-electron chi connectivity index (χ2n) is 2.37. The van der Waals surface area contributed by atoms with Crippen LogP contribution in [-0.4, -0.2) is 9.97 Å². The largest absolute Gasteiger partial charge is 0.360 e. The van der Waals surface area contributed by atoms with Gasteiger partial charge in [-0.05, 0) is 24.6 Å². The maximum absolute atomic E-state index is 4.21. The molecule has 0 aliphatic rings. The summed E-state index contributed by atoms with van der Waals surface area (Å²) in [5.41, 5.74) is 3.39. The van der Waals surface area contributed by atoms with Gasteiger partial charge in [0.2, 0.25) is 0 Å². The van der Waals surface area contributed by atoms with Crippen molar-refractivity contribution < 1.29 is 0 Å². The summed E-state index contributed by atoms with van der Waals surface area (Å²) < 4.78 is 0. The zero-order valence-corrected chi connectivity index (χ0v) is 5.76. The Bertz CT molecular complexity index is 349. The number of pyridine rings is 1. The second-order valence-corrected chi connectivity index (χ2v) is 2.37. The molecule has 2 heterocycles. The molecule has 50 valence electrons. The fraction of sp³-hybridized carbons (Fsp3) is 0.125. The molecular formula is C8H8N2. The van der Waals surface area contributed by atoms with E-state index in [1.165, 1.54) is 5.56 Å². The van der Waals surface area contributed by atoms with E-state index in [-0.39, 0.29) is 0 Å². The van der Waals surface area contributed by atoms with E-state index in [0.29, 0.717) is 0 Å². The van der Waals surface area contributed by atoms with Crippen LogP contribution in [0, 0.1) is 6.92 Å². The van der Waals surface area contributed by atoms with Crippen molar-refractivity contribution in [2.45, 2.75) is 6.92 Å². The number of aromatic amines is 1. The molecule has 0 aromatic carbocycles. The fourth-order valence-electron chi connectivity index (χ4n) is 1.09. The standard InChI is InChI=1S/C8H8N2/c1-6-5-10-7-3-2-4-9-8(6)7/h2-5,10H,1H3. The van der Waals surface area contributed by atoms with Crippen LogP contribution in [-0.2, 0) is 0 Å². The second kappa shape index (κ2) is 1.84. The molecule has 2 nitrogen and oxygen atoms in total. The molecule has 0 amide bonds. The van der Waals surface area contributed by atoms with Crippen molar-refractivity contribution in [3.05, 3.63) is 30.1 Å². The number of nitrogens with one attached hydrogen (secondary N) is 1. The number of H-pyrrole nitrogens is 1. The molecule has 2 heteroatoms. The van der Waals surface area contributed by atoms with Crippen molar-refractivity contribution in [2.24, 2.45) is 0 Å². The van der Waals surface area contributed by atoms with E-state index in [0.717, 1.165) is 11.0 Å². The van der Waals surface area contributed by atoms with Gasteiger partial charge in [-0.2, -0.15) is 0 Å². The monoisotopic (exact) mass is 132 g/mol. The normalized spacial score (nSPS) is 10.5. The lowest BCUT2D eigenvalue weighted by Gasteiger charge is -1.86. The van der Waals surface area contributed by atoms with E-state index >= 15 is 0 Å². The van der Waals surface area contributed by atoms with Crippen molar-refractivity contribution in [2.75, 3.05) is 0 Å². The van der Waals surface area contributed by atoms with Crippen molar-refractivity contribution in [1.82, 2.24) is 9.97 Å². The van der Waals surface area contributed by atoms with Gasteiger partial charge in [-0.25, -0.2) is 0 Å². The molecule has 0 aliphatic carbocycles. The SMILES string of the molecule is Cc1c[nH]c2cccnc12. The van der Waals surface area contributed by atoms with Gasteiger partial charge in [0.1, 0.15) is 0 Å². The maximum atomic E-state index is 4.21. The van der Waals surface area contributed by atoms with E-state index in [1.54, 1.807) is 0 Å². The summed E-state index contributed by atoms with van der Waals surface area (Å²) >= 11 is 0. The number of aromatic nitrogens is 2. The van der Waals surface area contributed by atoms with Gasteiger partial charge in [-0.15, -0.1) is 0 Å². The first-order chi connectivity index (χ1) is 4.88. The number of rotatable bonds is 0. The van der Waals surface area contributed by atoms with Crippen LogP contribution in [0.25, 0.3) is 11.0 Å².